The highest BCUT2D eigenvalue weighted by Crippen LogP contribution is 2.73. The predicted molar refractivity (Wildman–Crippen MR) is 303 cm³/mol. The molecular weight excluding hydrogens is 880 g/mol. The van der Waals surface area contributed by atoms with Gasteiger partial charge >= 0.3 is 6.85 Å². The van der Waals surface area contributed by atoms with Gasteiger partial charge < -0.3 is 14.1 Å². The number of fused-ring (bicyclic) bond motifs is 16. The lowest BCUT2D eigenvalue weighted by Crippen LogP contribution is -2.71. The minimum atomic E-state index is -0.581. The van der Waals surface area contributed by atoms with Gasteiger partial charge in [0, 0.05) is 43.7 Å². The van der Waals surface area contributed by atoms with Gasteiger partial charge in [0.15, 0.2) is 5.58 Å². The highest BCUT2D eigenvalue weighted by Gasteiger charge is 2.68. The first-order valence-corrected chi connectivity index (χ1v) is 27.9. The highest BCUT2D eigenvalue weighted by molar-refractivity contribution is 8.02. The topological polar surface area (TPSA) is 19.6 Å². The molecule has 4 unspecified atom stereocenters. The third-order valence-corrected chi connectivity index (χ3v) is 20.5. The molecule has 7 aromatic rings. The molecule has 0 radical (unpaired) electrons. The van der Waals surface area contributed by atoms with Crippen LogP contribution in [0.1, 0.15) is 141 Å². The van der Waals surface area contributed by atoms with E-state index in [0.717, 1.165) is 24.0 Å². The molecule has 0 spiro atoms. The van der Waals surface area contributed by atoms with Gasteiger partial charge in [0.05, 0.1) is 16.0 Å². The van der Waals surface area contributed by atoms with Gasteiger partial charge in [0.25, 0.3) is 0 Å². The first kappa shape index (κ1) is 44.1. The van der Waals surface area contributed by atoms with Crippen LogP contribution in [0.3, 0.4) is 0 Å². The fourth-order valence-electron chi connectivity index (χ4n) is 15.5. The van der Waals surface area contributed by atoms with E-state index < -0.39 is 5.54 Å². The molecule has 5 heteroatoms. The molecule has 3 nitrogen and oxygen atoms in total. The van der Waals surface area contributed by atoms with Crippen molar-refractivity contribution in [3.63, 3.8) is 0 Å². The van der Waals surface area contributed by atoms with Crippen molar-refractivity contribution >= 4 is 74.3 Å². The smallest absolute Gasteiger partial charge is 0.329 e. The van der Waals surface area contributed by atoms with E-state index in [2.05, 4.69) is 212 Å². The van der Waals surface area contributed by atoms with E-state index in [9.17, 15) is 0 Å². The molecular formula is C66H67BN2OS. The van der Waals surface area contributed by atoms with Crippen molar-refractivity contribution in [1.29, 1.82) is 0 Å². The van der Waals surface area contributed by atoms with Crippen LogP contribution < -0.4 is 15.2 Å². The normalized spacial score (nSPS) is 25.5. The summed E-state index contributed by atoms with van der Waals surface area (Å²) in [6.45, 7) is 24.8. The van der Waals surface area contributed by atoms with Crippen LogP contribution in [0, 0.1) is 5.92 Å². The second kappa shape index (κ2) is 14.7. The van der Waals surface area contributed by atoms with Crippen LogP contribution in [-0.2, 0) is 29.1 Å². The van der Waals surface area contributed by atoms with Crippen molar-refractivity contribution in [3.05, 3.63) is 171 Å². The van der Waals surface area contributed by atoms with Crippen molar-refractivity contribution < 1.29 is 4.42 Å². The summed E-state index contributed by atoms with van der Waals surface area (Å²) >= 11 is 2.11. The number of rotatable bonds is 7. The van der Waals surface area contributed by atoms with E-state index in [-0.39, 0.29) is 33.8 Å². The van der Waals surface area contributed by atoms with Gasteiger partial charge in [0.1, 0.15) is 5.58 Å². The third-order valence-electron chi connectivity index (χ3n) is 19.1. The van der Waals surface area contributed by atoms with Gasteiger partial charge in [-0.2, -0.15) is 0 Å². The van der Waals surface area contributed by atoms with Gasteiger partial charge in [-0.05, 0) is 191 Å². The number of unbranched alkanes of at least 4 members (excludes halogenated alkanes) is 2. The maximum atomic E-state index is 7.46. The fourth-order valence-corrected chi connectivity index (χ4v) is 17.1. The first-order valence-electron chi connectivity index (χ1n) is 27.1. The molecule has 1 aromatic heterocycles. The largest absolute Gasteiger partial charge is 0.454 e. The maximum Gasteiger partial charge on any atom is 0.329 e. The maximum absolute atomic E-state index is 7.46. The van der Waals surface area contributed by atoms with E-state index >= 15 is 0 Å². The zero-order valence-electron chi connectivity index (χ0n) is 43.6. The monoisotopic (exact) mass is 947 g/mol. The quantitative estimate of drug-likeness (QED) is 0.117. The van der Waals surface area contributed by atoms with Crippen LogP contribution in [0.5, 0.6) is 0 Å². The van der Waals surface area contributed by atoms with Crippen molar-refractivity contribution in [2.24, 2.45) is 5.92 Å². The Morgan fingerprint density at radius 1 is 0.676 bits per heavy atom. The van der Waals surface area contributed by atoms with E-state index in [1.165, 1.54) is 138 Å². The summed E-state index contributed by atoms with van der Waals surface area (Å²) in [4.78, 5) is 7.11. The molecule has 14 rings (SSSR count). The summed E-state index contributed by atoms with van der Waals surface area (Å²) in [7, 11) is 0. The number of aryl methyl sites for hydroxylation is 2. The Morgan fingerprint density at radius 2 is 1.37 bits per heavy atom. The molecule has 7 aliphatic rings. The number of hydrogen-bond acceptors (Lipinski definition) is 4. The van der Waals surface area contributed by atoms with Crippen LogP contribution in [-0.4, -0.2) is 17.1 Å². The van der Waals surface area contributed by atoms with Crippen LogP contribution >= 0.6 is 11.8 Å². The number of furan rings is 1. The van der Waals surface area contributed by atoms with Gasteiger partial charge in [-0.3, -0.25) is 0 Å². The Morgan fingerprint density at radius 3 is 2.13 bits per heavy atom. The average Bonchev–Trinajstić information content (AvgIpc) is 3.91. The summed E-state index contributed by atoms with van der Waals surface area (Å²) in [5.74, 6) is 0.250. The lowest BCUT2D eigenvalue weighted by molar-refractivity contribution is 0.332. The minimum absolute atomic E-state index is 0.0303. The number of allylic oxidation sites excluding steroid dienone is 2. The summed E-state index contributed by atoms with van der Waals surface area (Å²) in [5.41, 5.74) is 25.1. The zero-order chi connectivity index (χ0) is 48.7. The Labute approximate surface area is 426 Å². The Balaban J connectivity index is 1.21. The SMILES string of the molecule is CCCCc1ccc(N2B3C4=C5c6ccccc6SC5(C)C5=C6C(C)(C=CC5C)c5cc(CCCC)ccc5N(c5c3c(cc3c5oc5ccccc53)-c3cc5c(cc32)C(C)(C)CCC5(C)C)C46C)cc1. The van der Waals surface area contributed by atoms with Gasteiger partial charge in [-0.25, -0.2) is 0 Å². The molecule has 0 N–H and O–H groups in total. The molecule has 0 saturated carbocycles. The highest BCUT2D eigenvalue weighted by atomic mass is 32.2. The molecule has 0 fully saturated rings. The summed E-state index contributed by atoms with van der Waals surface area (Å²) in [5, 5.41) is 2.38. The van der Waals surface area contributed by atoms with Crippen molar-refractivity contribution in [1.82, 2.24) is 0 Å². The summed E-state index contributed by atoms with van der Waals surface area (Å²) in [6.07, 6.45) is 14.4. The number of hydrogen-bond donors (Lipinski definition) is 0. The second-order valence-corrected chi connectivity index (χ2v) is 25.8. The summed E-state index contributed by atoms with van der Waals surface area (Å²) < 4.78 is 7.15. The molecule has 0 amide bonds. The van der Waals surface area contributed by atoms with Crippen LogP contribution in [0.15, 0.2) is 147 Å². The van der Waals surface area contributed by atoms with Crippen LogP contribution in [0.4, 0.5) is 22.7 Å². The second-order valence-electron chi connectivity index (χ2n) is 24.3. The third kappa shape index (κ3) is 5.60. The first-order chi connectivity index (χ1) is 34.1. The van der Waals surface area contributed by atoms with Crippen molar-refractivity contribution in [2.75, 3.05) is 9.71 Å². The zero-order valence-corrected chi connectivity index (χ0v) is 44.4. The van der Waals surface area contributed by atoms with Crippen LogP contribution in [0.2, 0.25) is 0 Å². The lowest BCUT2D eigenvalue weighted by atomic mass is 9.33. The molecule has 6 aromatic carbocycles. The van der Waals surface area contributed by atoms with E-state index in [0.29, 0.717) is 0 Å². The number of benzene rings is 6. The predicted octanol–water partition coefficient (Wildman–Crippen LogP) is 17.2. The van der Waals surface area contributed by atoms with Crippen LogP contribution in [0.25, 0.3) is 38.6 Å². The molecule has 4 atom stereocenters. The molecule has 5 heterocycles. The Kier molecular flexibility index (Phi) is 9.16. The number of para-hydroxylation sites is 1. The van der Waals surface area contributed by atoms with E-state index in [4.69, 9.17) is 4.42 Å². The minimum Gasteiger partial charge on any atom is -0.454 e. The number of thioether (sulfide) groups is 1. The van der Waals surface area contributed by atoms with Crippen molar-refractivity contribution in [3.8, 4) is 11.1 Å². The van der Waals surface area contributed by atoms with E-state index in [1.54, 1.807) is 11.1 Å². The molecule has 0 bridgehead atoms. The summed E-state index contributed by atoms with van der Waals surface area (Å²) in [6, 6.07) is 43.6. The van der Waals surface area contributed by atoms with Gasteiger partial charge in [-0.1, -0.05) is 134 Å². The number of anilines is 4. The fraction of sp³-hybridized carbons (Fsp3) is 0.364. The Hall–Kier alpha value is -5.65. The Bertz CT molecular complexity index is 3590. The molecule has 4 aliphatic heterocycles. The molecule has 71 heavy (non-hydrogen) atoms. The molecule has 356 valence electrons. The number of nitrogens with zero attached hydrogens (tertiary/aromatic N) is 2. The lowest BCUT2D eigenvalue weighted by Gasteiger charge is -2.65. The van der Waals surface area contributed by atoms with Crippen molar-refractivity contribution in [2.45, 2.75) is 152 Å². The van der Waals surface area contributed by atoms with Gasteiger partial charge in [-0.15, -0.1) is 11.8 Å². The average molecular weight is 947 g/mol. The van der Waals surface area contributed by atoms with Gasteiger partial charge in [0.2, 0.25) is 0 Å². The van der Waals surface area contributed by atoms with E-state index in [1.807, 2.05) is 0 Å². The molecule has 3 aliphatic carbocycles. The molecule has 0 saturated heterocycles. The standard InChI is InChI=1S/C66H67BN2OS/c1-11-13-19-40-25-28-42(29-26-40)69-52-38-49-48(62(4,5)33-34-63(49,6)7)37-45(52)46-36-47-43-21-15-17-23-53(43)70-59(47)58-57(46)67(69)61-56-44-22-16-18-24-54(44)71-66(56,10)55-39(3)31-32-64(8)50-35-41(20-14-12-2)27-30-51(50)68(58)65(61,9)60(55)64/h15-18,21-32,35-39H,11-14,19-20,33-34H2,1-10H3.